The lowest BCUT2D eigenvalue weighted by atomic mass is 9.88. The van der Waals surface area contributed by atoms with Gasteiger partial charge in [-0.2, -0.15) is 5.26 Å². The van der Waals surface area contributed by atoms with Crippen molar-refractivity contribution in [1.82, 2.24) is 5.32 Å². The molecule has 3 rings (SSSR count). The van der Waals surface area contributed by atoms with Gasteiger partial charge in [0, 0.05) is 11.6 Å². The van der Waals surface area contributed by atoms with Crippen LogP contribution < -0.4 is 10.1 Å². The predicted molar refractivity (Wildman–Crippen MR) is 67.4 cm³/mol. The maximum Gasteiger partial charge on any atom is 0.311 e. The van der Waals surface area contributed by atoms with Gasteiger partial charge in [0.2, 0.25) is 11.7 Å². The van der Waals surface area contributed by atoms with E-state index in [1.165, 1.54) is 6.07 Å². The number of nitro benzene ring substituents is 1. The summed E-state index contributed by atoms with van der Waals surface area (Å²) in [5.74, 6) is -0.938. The molecule has 0 aromatic heterocycles. The standard InChI is InChI=1S/C13H9N3O4/c14-5-7-4-9-8-2-1-3-11(16(18)19)12(8)20-6-10(9)15-13(7)17/h1-3,7H,4,6H2,(H,15,17). The Morgan fingerprint density at radius 1 is 1.50 bits per heavy atom. The minimum atomic E-state index is -0.779. The highest BCUT2D eigenvalue weighted by Crippen LogP contribution is 2.42. The molecule has 0 aliphatic carbocycles. The van der Waals surface area contributed by atoms with Crippen molar-refractivity contribution in [2.75, 3.05) is 6.61 Å². The number of nitrogens with one attached hydrogen (secondary N) is 1. The summed E-state index contributed by atoms with van der Waals surface area (Å²) in [4.78, 5) is 22.1. The number of hydrogen-bond donors (Lipinski definition) is 1. The number of benzene rings is 1. The topological polar surface area (TPSA) is 105 Å². The summed E-state index contributed by atoms with van der Waals surface area (Å²) < 4.78 is 5.41. The lowest BCUT2D eigenvalue weighted by Crippen LogP contribution is -2.38. The largest absolute Gasteiger partial charge is 0.480 e. The molecule has 2 aliphatic rings. The fourth-order valence-corrected chi connectivity index (χ4v) is 2.43. The molecule has 0 radical (unpaired) electrons. The highest BCUT2D eigenvalue weighted by molar-refractivity contribution is 5.92. The second kappa shape index (κ2) is 4.35. The molecule has 1 atom stereocenters. The van der Waals surface area contributed by atoms with Gasteiger partial charge >= 0.3 is 5.69 Å². The molecule has 0 spiro atoms. The fraction of sp³-hybridized carbons (Fsp3) is 0.231. The number of nitro groups is 1. The van der Waals surface area contributed by atoms with Gasteiger partial charge in [-0.1, -0.05) is 12.1 Å². The highest BCUT2D eigenvalue weighted by atomic mass is 16.6. The molecule has 0 saturated heterocycles. The van der Waals surface area contributed by atoms with Gasteiger partial charge in [-0.25, -0.2) is 0 Å². The monoisotopic (exact) mass is 271 g/mol. The van der Waals surface area contributed by atoms with Crippen molar-refractivity contribution in [3.63, 3.8) is 0 Å². The number of nitriles is 1. The summed E-state index contributed by atoms with van der Waals surface area (Å²) in [6, 6.07) is 6.56. The van der Waals surface area contributed by atoms with Crippen LogP contribution in [0.1, 0.15) is 12.0 Å². The van der Waals surface area contributed by atoms with Gasteiger partial charge in [0.25, 0.3) is 0 Å². The van der Waals surface area contributed by atoms with Gasteiger partial charge in [-0.3, -0.25) is 14.9 Å². The Morgan fingerprint density at radius 3 is 3.00 bits per heavy atom. The minimum absolute atomic E-state index is 0.0665. The van der Waals surface area contributed by atoms with Crippen molar-refractivity contribution in [3.8, 4) is 11.8 Å². The maximum atomic E-state index is 11.6. The third-order valence-corrected chi connectivity index (χ3v) is 3.40. The molecule has 1 unspecified atom stereocenters. The SMILES string of the molecule is N#CC1CC2=C(COc3c2cccc3[N+](=O)[O-])NC1=O. The van der Waals surface area contributed by atoms with E-state index in [1.54, 1.807) is 12.1 Å². The zero-order chi connectivity index (χ0) is 14.3. The number of fused-ring (bicyclic) bond motifs is 2. The van der Waals surface area contributed by atoms with Crippen LogP contribution in [-0.4, -0.2) is 17.4 Å². The first kappa shape index (κ1) is 12.2. The Labute approximate surface area is 113 Å². The molecule has 20 heavy (non-hydrogen) atoms. The number of para-hydroxylation sites is 1. The number of allylic oxidation sites excluding steroid dienone is 1. The number of amides is 1. The van der Waals surface area contributed by atoms with Gasteiger partial charge < -0.3 is 10.1 Å². The van der Waals surface area contributed by atoms with Gasteiger partial charge in [-0.15, -0.1) is 0 Å². The van der Waals surface area contributed by atoms with Gasteiger partial charge in [-0.05, 0) is 12.0 Å². The summed E-state index contributed by atoms with van der Waals surface area (Å²) in [5.41, 5.74) is 1.77. The smallest absolute Gasteiger partial charge is 0.311 e. The second-order valence-electron chi connectivity index (χ2n) is 4.53. The maximum absolute atomic E-state index is 11.6. The predicted octanol–water partition coefficient (Wildman–Crippen LogP) is 1.36. The zero-order valence-electron chi connectivity index (χ0n) is 10.3. The van der Waals surface area contributed by atoms with Crippen molar-refractivity contribution in [2.24, 2.45) is 5.92 Å². The number of carbonyl (C=O) groups excluding carboxylic acids is 1. The Morgan fingerprint density at radius 2 is 2.30 bits per heavy atom. The number of rotatable bonds is 1. The Hall–Kier alpha value is -2.88. The average Bonchev–Trinajstić information content (AvgIpc) is 2.45. The lowest BCUT2D eigenvalue weighted by Gasteiger charge is -2.29. The molecule has 1 amide bonds. The van der Waals surface area contributed by atoms with Crippen molar-refractivity contribution < 1.29 is 14.5 Å². The second-order valence-corrected chi connectivity index (χ2v) is 4.53. The third kappa shape index (κ3) is 1.70. The number of carbonyl (C=O) groups is 1. The van der Waals surface area contributed by atoms with Crippen LogP contribution in [0.15, 0.2) is 23.9 Å². The Bertz CT molecular complexity index is 702. The summed E-state index contributed by atoms with van der Waals surface area (Å²) >= 11 is 0. The molecule has 7 heteroatoms. The summed E-state index contributed by atoms with van der Waals surface area (Å²) in [5, 5.41) is 22.6. The molecule has 7 nitrogen and oxygen atoms in total. The van der Waals surface area contributed by atoms with Crippen LogP contribution in [0.5, 0.6) is 5.75 Å². The number of nitrogens with zero attached hydrogens (tertiary/aromatic N) is 2. The van der Waals surface area contributed by atoms with E-state index in [-0.39, 0.29) is 30.4 Å². The van der Waals surface area contributed by atoms with Crippen LogP contribution in [0.3, 0.4) is 0 Å². The van der Waals surface area contributed by atoms with E-state index in [1.807, 2.05) is 6.07 Å². The first-order valence-electron chi connectivity index (χ1n) is 5.95. The summed E-state index contributed by atoms with van der Waals surface area (Å²) in [7, 11) is 0. The summed E-state index contributed by atoms with van der Waals surface area (Å²) in [6.45, 7) is 0.0665. The number of hydrogen-bond acceptors (Lipinski definition) is 5. The molecule has 0 fully saturated rings. The fourth-order valence-electron chi connectivity index (χ4n) is 2.43. The van der Waals surface area contributed by atoms with E-state index in [0.717, 1.165) is 5.57 Å². The molecular formula is C13H9N3O4. The van der Waals surface area contributed by atoms with Gasteiger partial charge in [0.05, 0.1) is 16.7 Å². The number of ether oxygens (including phenoxy) is 1. The molecule has 0 bridgehead atoms. The molecule has 1 aromatic rings. The van der Waals surface area contributed by atoms with Crippen LogP contribution in [-0.2, 0) is 4.79 Å². The van der Waals surface area contributed by atoms with Crippen LogP contribution in [0.4, 0.5) is 5.69 Å². The molecule has 2 heterocycles. The highest BCUT2D eigenvalue weighted by Gasteiger charge is 2.34. The lowest BCUT2D eigenvalue weighted by molar-refractivity contribution is -0.385. The van der Waals surface area contributed by atoms with Crippen LogP contribution in [0.2, 0.25) is 0 Å². The van der Waals surface area contributed by atoms with E-state index < -0.39 is 10.8 Å². The average molecular weight is 271 g/mol. The molecule has 100 valence electrons. The Kier molecular flexibility index (Phi) is 2.64. The molecule has 1 N–H and O–H groups in total. The first-order chi connectivity index (χ1) is 9.61. The minimum Gasteiger partial charge on any atom is -0.480 e. The van der Waals surface area contributed by atoms with Crippen LogP contribution in [0.25, 0.3) is 5.57 Å². The summed E-state index contributed by atoms with van der Waals surface area (Å²) in [6.07, 6.45) is 0.245. The van der Waals surface area contributed by atoms with E-state index >= 15 is 0 Å². The molecule has 0 saturated carbocycles. The van der Waals surface area contributed by atoms with Crippen LogP contribution >= 0.6 is 0 Å². The van der Waals surface area contributed by atoms with Crippen LogP contribution in [0, 0.1) is 27.4 Å². The van der Waals surface area contributed by atoms with Gasteiger partial charge in [0.1, 0.15) is 12.5 Å². The van der Waals surface area contributed by atoms with Gasteiger partial charge in [0.15, 0.2) is 0 Å². The third-order valence-electron chi connectivity index (χ3n) is 3.40. The van der Waals surface area contributed by atoms with Crippen molar-refractivity contribution in [3.05, 3.63) is 39.6 Å². The van der Waals surface area contributed by atoms with E-state index in [2.05, 4.69) is 5.32 Å². The Balaban J connectivity index is 2.13. The van der Waals surface area contributed by atoms with E-state index in [4.69, 9.17) is 10.00 Å². The normalized spacial score (nSPS) is 20.1. The molecular weight excluding hydrogens is 262 g/mol. The van der Waals surface area contributed by atoms with Crippen molar-refractivity contribution in [2.45, 2.75) is 6.42 Å². The first-order valence-corrected chi connectivity index (χ1v) is 5.95. The van der Waals surface area contributed by atoms with E-state index in [9.17, 15) is 14.9 Å². The van der Waals surface area contributed by atoms with E-state index in [0.29, 0.717) is 11.3 Å². The van der Waals surface area contributed by atoms with Crippen molar-refractivity contribution in [1.29, 1.82) is 5.26 Å². The molecule has 2 aliphatic heterocycles. The quantitative estimate of drug-likeness (QED) is 0.613. The molecule has 1 aromatic carbocycles. The zero-order valence-corrected chi connectivity index (χ0v) is 10.3. The van der Waals surface area contributed by atoms with Crippen molar-refractivity contribution >= 4 is 17.2 Å².